The Morgan fingerprint density at radius 2 is 1.87 bits per heavy atom. The Morgan fingerprint density at radius 3 is 2.61 bits per heavy atom. The van der Waals surface area contributed by atoms with Gasteiger partial charge in [-0.05, 0) is 60.9 Å². The number of amides is 1. The third kappa shape index (κ3) is 3.86. The van der Waals surface area contributed by atoms with Gasteiger partial charge in [-0.15, -0.1) is 0 Å². The molecule has 0 spiro atoms. The van der Waals surface area contributed by atoms with Gasteiger partial charge in [-0.1, -0.05) is 24.3 Å². The van der Waals surface area contributed by atoms with Crippen molar-refractivity contribution in [3.05, 3.63) is 83.2 Å². The van der Waals surface area contributed by atoms with Crippen LogP contribution in [0.1, 0.15) is 21.5 Å². The summed E-state index contributed by atoms with van der Waals surface area (Å²) in [6, 6.07) is 15.8. The van der Waals surface area contributed by atoms with E-state index in [0.29, 0.717) is 24.2 Å². The third-order valence-corrected chi connectivity index (χ3v) is 7.03. The summed E-state index contributed by atoms with van der Waals surface area (Å²) >= 11 is 0. The van der Waals surface area contributed by atoms with E-state index in [-0.39, 0.29) is 21.9 Å². The Hall–Kier alpha value is -3.39. The van der Waals surface area contributed by atoms with Gasteiger partial charge in [0.25, 0.3) is 15.9 Å². The van der Waals surface area contributed by atoms with Gasteiger partial charge >= 0.3 is 0 Å². The van der Waals surface area contributed by atoms with E-state index >= 15 is 0 Å². The van der Waals surface area contributed by atoms with Gasteiger partial charge in [0.05, 0.1) is 28.9 Å². The van der Waals surface area contributed by atoms with Crippen LogP contribution in [0.4, 0.5) is 15.8 Å². The van der Waals surface area contributed by atoms with Gasteiger partial charge in [0.2, 0.25) is 0 Å². The summed E-state index contributed by atoms with van der Waals surface area (Å²) in [7, 11) is -2.52. The number of ether oxygens (including phenoxy) is 1. The second kappa shape index (κ2) is 8.03. The fourth-order valence-electron chi connectivity index (χ4n) is 3.62. The number of hydrogen-bond acceptors (Lipinski definition) is 4. The van der Waals surface area contributed by atoms with Crippen LogP contribution in [0.25, 0.3) is 0 Å². The SMILES string of the molecule is COc1ccc(S(=O)(=O)N2CCc3ccccc32)cc1C(=O)Nc1ccc(C)cc1F. The molecule has 1 aliphatic rings. The standard InChI is InChI=1S/C23H21FN2O4S/c1-15-7-9-20(19(24)13-15)25-23(27)18-14-17(8-10-22(18)30-2)31(28,29)26-12-11-16-5-3-4-6-21(16)26/h3-10,13-14H,11-12H2,1-2H3,(H,25,27). The van der Waals surface area contributed by atoms with E-state index in [9.17, 15) is 17.6 Å². The van der Waals surface area contributed by atoms with Gasteiger partial charge in [-0.3, -0.25) is 9.10 Å². The summed E-state index contributed by atoms with van der Waals surface area (Å²) in [5, 5.41) is 2.49. The predicted molar refractivity (Wildman–Crippen MR) is 117 cm³/mol. The molecule has 3 aromatic carbocycles. The van der Waals surface area contributed by atoms with Crippen molar-refractivity contribution in [2.24, 2.45) is 0 Å². The molecule has 31 heavy (non-hydrogen) atoms. The number of hydrogen-bond donors (Lipinski definition) is 1. The maximum atomic E-state index is 14.2. The monoisotopic (exact) mass is 440 g/mol. The summed E-state index contributed by atoms with van der Waals surface area (Å²) in [4.78, 5) is 12.8. The molecule has 0 saturated heterocycles. The van der Waals surface area contributed by atoms with Gasteiger partial charge in [0.1, 0.15) is 11.6 Å². The summed E-state index contributed by atoms with van der Waals surface area (Å²) < 4.78 is 47.4. The number of carbonyl (C=O) groups excluding carboxylic acids is 1. The zero-order chi connectivity index (χ0) is 22.2. The van der Waals surface area contributed by atoms with E-state index in [1.54, 1.807) is 25.1 Å². The second-order valence-corrected chi connectivity index (χ2v) is 9.12. The summed E-state index contributed by atoms with van der Waals surface area (Å²) in [6.45, 7) is 2.06. The predicted octanol–water partition coefficient (Wildman–Crippen LogP) is 4.15. The molecule has 0 aliphatic carbocycles. The highest BCUT2D eigenvalue weighted by atomic mass is 32.2. The number of anilines is 2. The Balaban J connectivity index is 1.70. The largest absolute Gasteiger partial charge is 0.496 e. The van der Waals surface area contributed by atoms with Gasteiger partial charge in [-0.2, -0.15) is 0 Å². The van der Waals surface area contributed by atoms with Crippen molar-refractivity contribution < 1.29 is 22.3 Å². The van der Waals surface area contributed by atoms with Gasteiger partial charge in [0.15, 0.2) is 0 Å². The number of benzene rings is 3. The van der Waals surface area contributed by atoms with Gasteiger partial charge < -0.3 is 10.1 Å². The maximum absolute atomic E-state index is 14.2. The molecule has 0 saturated carbocycles. The normalized spacial score (nSPS) is 13.1. The number of aryl methyl sites for hydroxylation is 1. The average molecular weight is 440 g/mol. The van der Waals surface area contributed by atoms with Crippen LogP contribution in [0.5, 0.6) is 5.75 Å². The number of methoxy groups -OCH3 is 1. The molecule has 6 nitrogen and oxygen atoms in total. The van der Waals surface area contributed by atoms with E-state index in [4.69, 9.17) is 4.74 Å². The van der Waals surface area contributed by atoms with Gasteiger partial charge in [0, 0.05) is 6.54 Å². The molecule has 8 heteroatoms. The molecule has 4 rings (SSSR count). The molecule has 3 aromatic rings. The highest BCUT2D eigenvalue weighted by Crippen LogP contribution is 2.34. The van der Waals surface area contributed by atoms with Crippen molar-refractivity contribution in [2.75, 3.05) is 23.3 Å². The number of carbonyl (C=O) groups is 1. The summed E-state index contributed by atoms with van der Waals surface area (Å²) in [5.41, 5.74) is 2.29. The minimum Gasteiger partial charge on any atom is -0.496 e. The van der Waals surface area contributed by atoms with Crippen molar-refractivity contribution in [2.45, 2.75) is 18.2 Å². The molecule has 0 fully saturated rings. The zero-order valence-corrected chi connectivity index (χ0v) is 17.9. The van der Waals surface area contributed by atoms with Crippen molar-refractivity contribution in [3.8, 4) is 5.75 Å². The Morgan fingerprint density at radius 1 is 1.10 bits per heavy atom. The van der Waals surface area contributed by atoms with Crippen LogP contribution in [-0.4, -0.2) is 28.0 Å². The van der Waals surface area contributed by atoms with Crippen LogP contribution in [0.3, 0.4) is 0 Å². The Bertz CT molecular complexity index is 1270. The number of fused-ring (bicyclic) bond motifs is 1. The van der Waals surface area contributed by atoms with E-state index in [0.717, 1.165) is 5.56 Å². The molecule has 1 aliphatic heterocycles. The number of para-hydroxylation sites is 1. The van der Waals surface area contributed by atoms with Crippen LogP contribution in [-0.2, 0) is 16.4 Å². The Labute approximate surface area is 180 Å². The zero-order valence-electron chi connectivity index (χ0n) is 17.1. The first-order chi connectivity index (χ1) is 14.8. The minimum atomic E-state index is -3.90. The van der Waals surface area contributed by atoms with E-state index in [1.807, 2.05) is 12.1 Å². The molecule has 0 unspecified atom stereocenters. The molecule has 1 heterocycles. The van der Waals surface area contributed by atoms with Crippen LogP contribution in [0.15, 0.2) is 65.6 Å². The fraction of sp³-hybridized carbons (Fsp3) is 0.174. The fourth-order valence-corrected chi connectivity index (χ4v) is 5.15. The molecule has 0 aromatic heterocycles. The van der Waals surface area contributed by atoms with Crippen molar-refractivity contribution in [1.29, 1.82) is 0 Å². The maximum Gasteiger partial charge on any atom is 0.264 e. The molecule has 0 radical (unpaired) electrons. The van der Waals surface area contributed by atoms with Crippen molar-refractivity contribution in [3.63, 3.8) is 0 Å². The molecule has 0 atom stereocenters. The van der Waals surface area contributed by atoms with Crippen molar-refractivity contribution in [1.82, 2.24) is 0 Å². The number of nitrogens with one attached hydrogen (secondary N) is 1. The molecule has 1 amide bonds. The lowest BCUT2D eigenvalue weighted by molar-refractivity contribution is 0.102. The molecule has 0 bridgehead atoms. The van der Waals surface area contributed by atoms with E-state index in [1.165, 1.54) is 41.7 Å². The Kier molecular flexibility index (Phi) is 5.41. The summed E-state index contributed by atoms with van der Waals surface area (Å²) in [5.74, 6) is -1.06. The summed E-state index contributed by atoms with van der Waals surface area (Å²) in [6.07, 6.45) is 0.617. The van der Waals surface area contributed by atoms with E-state index < -0.39 is 21.7 Å². The first kappa shape index (κ1) is 20.9. The van der Waals surface area contributed by atoms with Gasteiger partial charge in [-0.25, -0.2) is 12.8 Å². The van der Waals surface area contributed by atoms with E-state index in [2.05, 4.69) is 5.32 Å². The first-order valence-electron chi connectivity index (χ1n) is 9.67. The molecular formula is C23H21FN2O4S. The number of rotatable bonds is 5. The highest BCUT2D eigenvalue weighted by Gasteiger charge is 2.31. The van der Waals surface area contributed by atoms with Crippen LogP contribution < -0.4 is 14.4 Å². The molecular weight excluding hydrogens is 419 g/mol. The lowest BCUT2D eigenvalue weighted by Gasteiger charge is -2.20. The minimum absolute atomic E-state index is 0.000571. The van der Waals surface area contributed by atoms with Crippen LogP contribution >= 0.6 is 0 Å². The smallest absolute Gasteiger partial charge is 0.264 e. The number of halogens is 1. The number of nitrogens with zero attached hydrogens (tertiary/aromatic N) is 1. The lowest BCUT2D eigenvalue weighted by atomic mass is 10.1. The molecule has 160 valence electrons. The lowest BCUT2D eigenvalue weighted by Crippen LogP contribution is -2.29. The molecule has 1 N–H and O–H groups in total. The average Bonchev–Trinajstić information content (AvgIpc) is 3.20. The number of sulfonamides is 1. The first-order valence-corrected chi connectivity index (χ1v) is 11.1. The van der Waals surface area contributed by atoms with Crippen LogP contribution in [0.2, 0.25) is 0 Å². The highest BCUT2D eigenvalue weighted by molar-refractivity contribution is 7.92. The van der Waals surface area contributed by atoms with Crippen molar-refractivity contribution >= 4 is 27.3 Å². The quantitative estimate of drug-likeness (QED) is 0.647. The second-order valence-electron chi connectivity index (χ2n) is 7.26. The third-order valence-electron chi connectivity index (χ3n) is 5.22. The topological polar surface area (TPSA) is 75.7 Å². The van der Waals surface area contributed by atoms with Crippen LogP contribution in [0, 0.1) is 12.7 Å².